The summed E-state index contributed by atoms with van der Waals surface area (Å²) in [5.74, 6) is -2.09. The second-order valence-corrected chi connectivity index (χ2v) is 8.83. The van der Waals surface area contributed by atoms with Gasteiger partial charge in [0.05, 0.1) is 17.9 Å². The molecule has 168 valence electrons. The maximum atomic E-state index is 13.6. The molecule has 3 aliphatic rings. The summed E-state index contributed by atoms with van der Waals surface area (Å²) in [6.45, 7) is 0.140. The normalized spacial score (nSPS) is 30.6. The Bertz CT molecular complexity index is 1090. The van der Waals surface area contributed by atoms with Gasteiger partial charge in [-0.1, -0.05) is 30.3 Å². The topological polar surface area (TPSA) is 108 Å². The molecule has 2 unspecified atom stereocenters. The molecule has 3 saturated heterocycles. The Labute approximate surface area is 185 Å². The largest absolute Gasteiger partial charge is 0.396 e. The van der Waals surface area contributed by atoms with Crippen molar-refractivity contribution >= 4 is 34.2 Å². The average Bonchev–Trinajstić information content (AvgIpc) is 3.44. The lowest BCUT2D eigenvalue weighted by molar-refractivity contribution is -0.140. The number of nitrogens with zero attached hydrogens (tertiary/aromatic N) is 1. The number of hydrogen-bond acceptors (Lipinski definition) is 5. The number of carbonyl (C=O) groups excluding carboxylic acids is 3. The van der Waals surface area contributed by atoms with Crippen LogP contribution in [-0.2, 0) is 19.1 Å². The van der Waals surface area contributed by atoms with Gasteiger partial charge in [-0.3, -0.25) is 14.4 Å². The van der Waals surface area contributed by atoms with Crippen LogP contribution < -0.4 is 10.6 Å². The highest BCUT2D eigenvalue weighted by atomic mass is 16.5. The van der Waals surface area contributed by atoms with Crippen molar-refractivity contribution in [1.29, 1.82) is 0 Å². The number of carbonyl (C=O) groups is 3. The number of nitrogens with one attached hydrogen (secondary N) is 2. The van der Waals surface area contributed by atoms with Gasteiger partial charge in [0.25, 0.3) is 0 Å². The van der Waals surface area contributed by atoms with E-state index in [0.29, 0.717) is 24.9 Å². The molecule has 3 aliphatic heterocycles. The quantitative estimate of drug-likeness (QED) is 0.631. The second-order valence-electron chi connectivity index (χ2n) is 8.83. The predicted octanol–water partition coefficient (Wildman–Crippen LogP) is 1.28. The number of fused-ring (bicyclic) bond motifs is 2. The summed E-state index contributed by atoms with van der Waals surface area (Å²) in [5, 5.41) is 17.0. The minimum Gasteiger partial charge on any atom is -0.396 e. The van der Waals surface area contributed by atoms with Crippen molar-refractivity contribution in [1.82, 2.24) is 10.2 Å². The number of likely N-dealkylation sites (tertiary alicyclic amines) is 1. The summed E-state index contributed by atoms with van der Waals surface area (Å²) in [4.78, 5) is 41.2. The Hall–Kier alpha value is -2.97. The van der Waals surface area contributed by atoms with Crippen molar-refractivity contribution in [3.05, 3.63) is 42.5 Å². The number of anilines is 1. The highest BCUT2D eigenvalue weighted by Crippen LogP contribution is 2.58. The highest BCUT2D eigenvalue weighted by molar-refractivity contribution is 6.04. The fourth-order valence-electron chi connectivity index (χ4n) is 5.88. The van der Waals surface area contributed by atoms with Crippen LogP contribution in [0.5, 0.6) is 0 Å². The zero-order chi connectivity index (χ0) is 22.5. The minimum atomic E-state index is -1.02. The predicted molar refractivity (Wildman–Crippen MR) is 118 cm³/mol. The van der Waals surface area contributed by atoms with Gasteiger partial charge in [0, 0.05) is 25.9 Å². The number of hydrogen-bond donors (Lipinski definition) is 3. The third-order valence-electron chi connectivity index (χ3n) is 7.17. The molecule has 1 spiro atoms. The SMILES string of the molecule is CNC(=O)[C@@H]1[C@@H]2CCC3(O2)C(C(=O)Nc2ccc4ccccc4c2)N(CCCO)C(=O)[C@H]13. The van der Waals surface area contributed by atoms with Gasteiger partial charge in [0.15, 0.2) is 0 Å². The van der Waals surface area contributed by atoms with Crippen molar-refractivity contribution in [2.24, 2.45) is 11.8 Å². The van der Waals surface area contributed by atoms with Crippen LogP contribution >= 0.6 is 0 Å². The first-order valence-corrected chi connectivity index (χ1v) is 11.1. The van der Waals surface area contributed by atoms with Crippen LogP contribution in [-0.4, -0.2) is 65.7 Å². The molecule has 0 aromatic heterocycles. The first-order valence-electron chi connectivity index (χ1n) is 11.1. The van der Waals surface area contributed by atoms with Crippen molar-refractivity contribution in [2.75, 3.05) is 25.5 Å². The lowest BCUT2D eigenvalue weighted by Crippen LogP contribution is -2.53. The number of benzene rings is 2. The fourth-order valence-corrected chi connectivity index (χ4v) is 5.88. The van der Waals surface area contributed by atoms with E-state index in [9.17, 15) is 19.5 Å². The highest BCUT2D eigenvalue weighted by Gasteiger charge is 2.74. The summed E-state index contributed by atoms with van der Waals surface area (Å²) < 4.78 is 6.30. The van der Waals surface area contributed by atoms with E-state index in [-0.39, 0.29) is 37.0 Å². The van der Waals surface area contributed by atoms with Gasteiger partial charge in [-0.2, -0.15) is 0 Å². The lowest BCUT2D eigenvalue weighted by atomic mass is 9.70. The standard InChI is InChI=1S/C24H27N3O5/c1-25-21(29)18-17-9-10-24(32-17)19(18)23(31)27(11-4-12-28)20(24)22(30)26-16-8-7-14-5-2-3-6-15(14)13-16/h2-3,5-8,13,17-20,28H,4,9-12H2,1H3,(H,25,29)(H,26,30)/t17-,18+,19-,20?,24?/m0/s1. The van der Waals surface area contributed by atoms with Crippen LogP contribution in [0.3, 0.4) is 0 Å². The van der Waals surface area contributed by atoms with E-state index in [0.717, 1.165) is 10.8 Å². The van der Waals surface area contributed by atoms with Crippen LogP contribution in [0.25, 0.3) is 10.8 Å². The van der Waals surface area contributed by atoms with E-state index in [2.05, 4.69) is 10.6 Å². The summed E-state index contributed by atoms with van der Waals surface area (Å²) in [6, 6.07) is 12.7. The van der Waals surface area contributed by atoms with Crippen molar-refractivity contribution in [3.8, 4) is 0 Å². The van der Waals surface area contributed by atoms with Gasteiger partial charge >= 0.3 is 0 Å². The zero-order valence-corrected chi connectivity index (χ0v) is 17.9. The molecular formula is C24H27N3O5. The van der Waals surface area contributed by atoms with E-state index >= 15 is 0 Å². The molecule has 3 heterocycles. The van der Waals surface area contributed by atoms with Gasteiger partial charge in [-0.15, -0.1) is 0 Å². The molecule has 3 amide bonds. The molecule has 5 atom stereocenters. The van der Waals surface area contributed by atoms with Crippen LogP contribution in [0.1, 0.15) is 19.3 Å². The molecule has 2 bridgehead atoms. The first kappa shape index (κ1) is 20.9. The summed E-state index contributed by atoms with van der Waals surface area (Å²) in [7, 11) is 1.55. The molecule has 8 nitrogen and oxygen atoms in total. The van der Waals surface area contributed by atoms with Crippen molar-refractivity contribution in [2.45, 2.75) is 37.0 Å². The van der Waals surface area contributed by atoms with Gasteiger partial charge in [-0.05, 0) is 42.2 Å². The van der Waals surface area contributed by atoms with Crippen molar-refractivity contribution in [3.63, 3.8) is 0 Å². The number of rotatable bonds is 6. The average molecular weight is 437 g/mol. The third kappa shape index (κ3) is 3.01. The maximum absolute atomic E-state index is 13.6. The van der Waals surface area contributed by atoms with E-state index in [4.69, 9.17) is 4.74 Å². The molecule has 2 aromatic rings. The molecule has 3 N–H and O–H groups in total. The number of aliphatic hydroxyl groups is 1. The summed E-state index contributed by atoms with van der Waals surface area (Å²) in [6.07, 6.45) is 1.17. The maximum Gasteiger partial charge on any atom is 0.250 e. The van der Waals surface area contributed by atoms with E-state index < -0.39 is 23.5 Å². The fraction of sp³-hybridized carbons (Fsp3) is 0.458. The van der Waals surface area contributed by atoms with Gasteiger partial charge in [0.2, 0.25) is 17.7 Å². The molecule has 8 heteroatoms. The van der Waals surface area contributed by atoms with Crippen LogP contribution in [0, 0.1) is 11.8 Å². The molecule has 0 saturated carbocycles. The molecule has 5 rings (SSSR count). The summed E-state index contributed by atoms with van der Waals surface area (Å²) in [5.41, 5.74) is -0.381. The van der Waals surface area contributed by atoms with Gasteiger partial charge in [0.1, 0.15) is 11.6 Å². The molecule has 3 fully saturated rings. The lowest BCUT2D eigenvalue weighted by Gasteiger charge is -2.33. The molecule has 2 aromatic carbocycles. The Kier molecular flexibility index (Phi) is 5.14. The second kappa shape index (κ2) is 7.86. The van der Waals surface area contributed by atoms with Crippen molar-refractivity contribution < 1.29 is 24.2 Å². The molecular weight excluding hydrogens is 410 g/mol. The van der Waals surface area contributed by atoms with Gasteiger partial charge < -0.3 is 25.4 Å². The molecule has 0 aliphatic carbocycles. The molecule has 32 heavy (non-hydrogen) atoms. The number of amides is 3. The monoisotopic (exact) mass is 437 g/mol. The number of ether oxygens (including phenoxy) is 1. The Morgan fingerprint density at radius 2 is 1.97 bits per heavy atom. The Balaban J connectivity index is 1.49. The molecule has 0 radical (unpaired) electrons. The smallest absolute Gasteiger partial charge is 0.250 e. The third-order valence-corrected chi connectivity index (χ3v) is 7.17. The van der Waals surface area contributed by atoms with E-state index in [1.807, 2.05) is 42.5 Å². The van der Waals surface area contributed by atoms with Crippen LogP contribution in [0.4, 0.5) is 5.69 Å². The Morgan fingerprint density at radius 1 is 1.19 bits per heavy atom. The first-order chi connectivity index (χ1) is 15.5. The number of aliphatic hydroxyl groups excluding tert-OH is 1. The summed E-state index contributed by atoms with van der Waals surface area (Å²) >= 11 is 0. The van der Waals surface area contributed by atoms with E-state index in [1.54, 1.807) is 7.05 Å². The zero-order valence-electron chi connectivity index (χ0n) is 17.9. The van der Waals surface area contributed by atoms with Crippen LogP contribution in [0.2, 0.25) is 0 Å². The van der Waals surface area contributed by atoms with E-state index in [1.165, 1.54) is 4.90 Å². The Morgan fingerprint density at radius 3 is 2.72 bits per heavy atom. The van der Waals surface area contributed by atoms with Gasteiger partial charge in [-0.25, -0.2) is 0 Å². The minimum absolute atomic E-state index is 0.0944. The van der Waals surface area contributed by atoms with Crippen LogP contribution in [0.15, 0.2) is 42.5 Å².